The third-order valence-electron chi connectivity index (χ3n) is 1.82. The maximum absolute atomic E-state index is 3.98. The Morgan fingerprint density at radius 3 is 1.25 bits per heavy atom. The Hall–Kier alpha value is -0.0400. The molecule has 0 rings (SSSR count). The van der Waals surface area contributed by atoms with E-state index in [9.17, 15) is 0 Å². The zero-order valence-corrected chi connectivity index (χ0v) is 6.65. The number of hydrogen-bond acceptors (Lipinski definition) is 0. The molecule has 1 nitrogen and oxygen atoms in total. The van der Waals surface area contributed by atoms with E-state index >= 15 is 0 Å². The molecule has 0 aromatic rings. The van der Waals surface area contributed by atoms with E-state index in [0.29, 0.717) is 0 Å². The van der Waals surface area contributed by atoms with Crippen molar-refractivity contribution in [3.63, 3.8) is 0 Å². The van der Waals surface area contributed by atoms with E-state index in [0.717, 1.165) is 4.48 Å². The van der Waals surface area contributed by atoms with Crippen LogP contribution in [-0.2, 0) is 0 Å². The van der Waals surface area contributed by atoms with E-state index in [2.05, 4.69) is 41.9 Å². The fourth-order valence-corrected chi connectivity index (χ4v) is 0. The molecule has 0 atom stereocenters. The zero-order chi connectivity index (χ0) is 7.00. The lowest BCUT2D eigenvalue weighted by Gasteiger charge is -2.46. The number of rotatable bonds is 0. The fourth-order valence-electron chi connectivity index (χ4n) is 0. The maximum atomic E-state index is 3.98. The van der Waals surface area contributed by atoms with Crippen LogP contribution < -0.4 is 0 Å². The van der Waals surface area contributed by atoms with Crippen molar-refractivity contribution in [3.05, 3.63) is 7.05 Å². The molecule has 0 fully saturated rings. The first-order valence-electron chi connectivity index (χ1n) is 2.93. The lowest BCUT2D eigenvalue weighted by molar-refractivity contribution is -0.893. The van der Waals surface area contributed by atoms with Crippen molar-refractivity contribution in [1.82, 2.24) is 0 Å². The topological polar surface area (TPSA) is 0 Å². The van der Waals surface area contributed by atoms with Gasteiger partial charge in [-0.1, -0.05) is 0 Å². The summed E-state index contributed by atoms with van der Waals surface area (Å²) in [6, 6.07) is 0. The molecular weight excluding hydrogens is 98.1 g/mol. The summed E-state index contributed by atoms with van der Waals surface area (Å²) in [5.74, 6) is 0. The number of nitrogens with zero attached hydrogens (tertiary/aromatic N) is 1. The number of hydrogen-bond donors (Lipinski definition) is 0. The summed E-state index contributed by atoms with van der Waals surface area (Å²) in [5.41, 5.74) is 0.264. The van der Waals surface area contributed by atoms with Gasteiger partial charge >= 0.3 is 0 Å². The summed E-state index contributed by atoms with van der Waals surface area (Å²) in [6.45, 7) is 6.54. The molecule has 0 aromatic carbocycles. The van der Waals surface area contributed by atoms with Crippen LogP contribution in [0.3, 0.4) is 0 Å². The highest BCUT2D eigenvalue weighted by Crippen LogP contribution is 2.16. The van der Waals surface area contributed by atoms with Crippen LogP contribution in [0.2, 0.25) is 0 Å². The largest absolute Gasteiger partial charge is 0.458 e. The fraction of sp³-hybridized carbons (Fsp3) is 0.857. The van der Waals surface area contributed by atoms with Crippen molar-refractivity contribution in [2.75, 3.05) is 14.1 Å². The van der Waals surface area contributed by atoms with Crippen LogP contribution in [0.5, 0.6) is 0 Å². The van der Waals surface area contributed by atoms with Crippen LogP contribution in [0.15, 0.2) is 0 Å². The maximum Gasteiger partial charge on any atom is 0.0663 e. The molecule has 0 aromatic heterocycles. The van der Waals surface area contributed by atoms with Crippen molar-refractivity contribution in [2.45, 2.75) is 26.3 Å². The quantitative estimate of drug-likeness (QED) is 0.332. The van der Waals surface area contributed by atoms with E-state index in [1.165, 1.54) is 0 Å². The minimum atomic E-state index is 0.264. The average Bonchev–Trinajstić information content (AvgIpc) is 1.25. The van der Waals surface area contributed by atoms with Gasteiger partial charge in [-0.15, -0.1) is 7.05 Å². The Kier molecular flexibility index (Phi) is 1.72. The molecule has 0 radical (unpaired) electrons. The summed E-state index contributed by atoms with van der Waals surface area (Å²) in [6.07, 6.45) is 0. The van der Waals surface area contributed by atoms with Gasteiger partial charge in [0.2, 0.25) is 0 Å². The third kappa shape index (κ3) is 1.83. The minimum absolute atomic E-state index is 0.264. The highest BCUT2D eigenvalue weighted by Gasteiger charge is 2.20. The molecular formula is C7H17N. The molecule has 0 spiro atoms. The van der Waals surface area contributed by atoms with Crippen LogP contribution in [-0.4, -0.2) is 24.1 Å². The van der Waals surface area contributed by atoms with Gasteiger partial charge in [-0.25, -0.2) is 0 Å². The predicted molar refractivity (Wildman–Crippen MR) is 37.2 cm³/mol. The van der Waals surface area contributed by atoms with Crippen LogP contribution in [0, 0.1) is 7.05 Å². The van der Waals surface area contributed by atoms with Gasteiger partial charge in [0, 0.05) is 14.1 Å². The van der Waals surface area contributed by atoms with Crippen molar-refractivity contribution >= 4 is 0 Å². The van der Waals surface area contributed by atoms with Gasteiger partial charge in [0.1, 0.15) is 0 Å². The van der Waals surface area contributed by atoms with Gasteiger partial charge in [0.25, 0.3) is 0 Å². The lowest BCUT2D eigenvalue weighted by Crippen LogP contribution is -2.48. The van der Waals surface area contributed by atoms with Gasteiger partial charge in [0.15, 0.2) is 0 Å². The van der Waals surface area contributed by atoms with Crippen LogP contribution >= 0.6 is 0 Å². The second-order valence-corrected chi connectivity index (χ2v) is 3.86. The lowest BCUT2D eigenvalue weighted by atomic mass is 10.1. The van der Waals surface area contributed by atoms with E-state index < -0.39 is 0 Å². The summed E-state index contributed by atoms with van der Waals surface area (Å²) < 4.78 is 0.771. The molecule has 0 heterocycles. The van der Waals surface area contributed by atoms with Gasteiger partial charge in [-0.2, -0.15) is 0 Å². The van der Waals surface area contributed by atoms with Crippen molar-refractivity contribution < 1.29 is 4.48 Å². The van der Waals surface area contributed by atoms with E-state index in [4.69, 9.17) is 0 Å². The van der Waals surface area contributed by atoms with E-state index in [1.807, 2.05) is 0 Å². The Morgan fingerprint density at radius 1 is 1.12 bits per heavy atom. The number of quaternary nitrogens is 1. The molecule has 1 heteroatoms. The normalized spacial score (nSPS) is 14.2. The predicted octanol–water partition coefficient (Wildman–Crippen LogP) is 1.65. The minimum Gasteiger partial charge on any atom is -0.458 e. The van der Waals surface area contributed by atoms with Crippen LogP contribution in [0.1, 0.15) is 20.8 Å². The second kappa shape index (κ2) is 1.73. The van der Waals surface area contributed by atoms with Crippen LogP contribution in [0.4, 0.5) is 0 Å². The summed E-state index contributed by atoms with van der Waals surface area (Å²) >= 11 is 0. The van der Waals surface area contributed by atoms with E-state index in [1.54, 1.807) is 0 Å². The Bertz CT molecular complexity index is 59.4. The molecule has 0 aliphatic heterocycles. The third-order valence-corrected chi connectivity index (χ3v) is 1.82. The Morgan fingerprint density at radius 2 is 1.25 bits per heavy atom. The van der Waals surface area contributed by atoms with Gasteiger partial charge in [-0.05, 0) is 20.8 Å². The van der Waals surface area contributed by atoms with Crippen molar-refractivity contribution in [2.24, 2.45) is 0 Å². The van der Waals surface area contributed by atoms with Gasteiger partial charge in [0.05, 0.1) is 5.54 Å². The van der Waals surface area contributed by atoms with Crippen LogP contribution in [0.25, 0.3) is 0 Å². The first-order valence-corrected chi connectivity index (χ1v) is 2.93. The molecule has 0 amide bonds. The molecule has 0 saturated heterocycles. The highest BCUT2D eigenvalue weighted by atomic mass is 15.3. The first kappa shape index (κ1) is 7.96. The zero-order valence-electron chi connectivity index (χ0n) is 6.65. The standard InChI is InChI=1S/C7H17N/c1-7(2,3)8(4,5)6/h4H2,1-3,5-6H3. The molecule has 0 N–H and O–H groups in total. The van der Waals surface area contributed by atoms with Crippen molar-refractivity contribution in [1.29, 1.82) is 0 Å². The Balaban J connectivity index is 4.02. The molecule has 0 saturated carbocycles. The molecule has 0 bridgehead atoms. The summed E-state index contributed by atoms with van der Waals surface area (Å²) in [7, 11) is 8.17. The summed E-state index contributed by atoms with van der Waals surface area (Å²) in [5, 5.41) is 0. The molecule has 0 unspecified atom stereocenters. The SMILES string of the molecule is [CH2-][N+](C)(C)C(C)(C)C. The second-order valence-electron chi connectivity index (χ2n) is 3.86. The average molecular weight is 115 g/mol. The van der Waals surface area contributed by atoms with Gasteiger partial charge in [-0.3, -0.25) is 0 Å². The smallest absolute Gasteiger partial charge is 0.0663 e. The van der Waals surface area contributed by atoms with Gasteiger partial charge < -0.3 is 4.48 Å². The molecule has 0 aliphatic rings. The summed E-state index contributed by atoms with van der Waals surface area (Å²) in [4.78, 5) is 0. The van der Waals surface area contributed by atoms with E-state index in [-0.39, 0.29) is 5.54 Å². The molecule has 8 heavy (non-hydrogen) atoms. The Labute approximate surface area is 52.9 Å². The molecule has 50 valence electrons. The first-order chi connectivity index (χ1) is 3.25. The highest BCUT2D eigenvalue weighted by molar-refractivity contribution is 4.58. The monoisotopic (exact) mass is 115 g/mol. The molecule has 0 aliphatic carbocycles. The van der Waals surface area contributed by atoms with Crippen molar-refractivity contribution in [3.8, 4) is 0 Å².